The van der Waals surface area contributed by atoms with Crippen molar-refractivity contribution < 1.29 is 9.52 Å². The van der Waals surface area contributed by atoms with E-state index in [1.165, 1.54) is 0 Å². The zero-order valence-corrected chi connectivity index (χ0v) is 7.84. The van der Waals surface area contributed by atoms with Crippen molar-refractivity contribution in [3.8, 4) is 0 Å². The molecule has 3 N–H and O–H groups in total. The maximum atomic E-state index is 9.37. The van der Waals surface area contributed by atoms with Crippen LogP contribution >= 0.6 is 0 Å². The van der Waals surface area contributed by atoms with E-state index in [1.54, 1.807) is 19.4 Å². The van der Waals surface area contributed by atoms with E-state index in [2.05, 4.69) is 4.98 Å². The summed E-state index contributed by atoms with van der Waals surface area (Å²) in [6.07, 6.45) is 2.61. The summed E-state index contributed by atoms with van der Waals surface area (Å²) in [5.74, 6) is 0. The van der Waals surface area contributed by atoms with Gasteiger partial charge in [0.15, 0.2) is 0 Å². The van der Waals surface area contributed by atoms with Gasteiger partial charge >= 0.3 is 0 Å². The summed E-state index contributed by atoms with van der Waals surface area (Å²) in [5.41, 5.74) is 7.16. The molecule has 0 saturated carbocycles. The number of hydrogen-bond acceptors (Lipinski definition) is 4. The van der Waals surface area contributed by atoms with Gasteiger partial charge in [-0.1, -0.05) is 0 Å². The number of aromatic nitrogens is 1. The molecule has 0 fully saturated rings. The minimum absolute atomic E-state index is 0.430. The monoisotopic (exact) mass is 192 g/mol. The minimum atomic E-state index is -0.601. The predicted molar refractivity (Wildman–Crippen MR) is 52.6 cm³/mol. The lowest BCUT2D eigenvalue weighted by Crippen LogP contribution is -2.22. The van der Waals surface area contributed by atoms with Crippen molar-refractivity contribution in [2.75, 3.05) is 0 Å². The molecule has 4 nitrogen and oxygen atoms in total. The van der Waals surface area contributed by atoms with Crippen LogP contribution in [0, 0.1) is 0 Å². The van der Waals surface area contributed by atoms with Crippen LogP contribution in [0.25, 0.3) is 11.1 Å². The molecule has 14 heavy (non-hydrogen) atoms. The fourth-order valence-corrected chi connectivity index (χ4v) is 1.41. The molecule has 0 aliphatic rings. The van der Waals surface area contributed by atoms with Crippen molar-refractivity contribution in [3.05, 3.63) is 30.2 Å². The maximum absolute atomic E-state index is 9.37. The Bertz CT molecular complexity index is 436. The smallest absolute Gasteiger partial charge is 0.226 e. The van der Waals surface area contributed by atoms with Crippen LogP contribution in [-0.4, -0.2) is 16.2 Å². The Morgan fingerprint density at radius 3 is 3.07 bits per heavy atom. The molecule has 0 spiro atoms. The van der Waals surface area contributed by atoms with Crippen molar-refractivity contribution in [2.45, 2.75) is 19.1 Å². The number of hydrogen-bond donors (Lipinski definition) is 2. The van der Waals surface area contributed by atoms with Gasteiger partial charge in [0.2, 0.25) is 5.71 Å². The molecule has 2 heterocycles. The summed E-state index contributed by atoms with van der Waals surface area (Å²) in [5, 5.41) is 10.2. The quantitative estimate of drug-likeness (QED) is 0.750. The highest BCUT2D eigenvalue weighted by molar-refractivity contribution is 5.77. The lowest BCUT2D eigenvalue weighted by molar-refractivity contribution is 0.164. The highest BCUT2D eigenvalue weighted by Gasteiger charge is 2.17. The van der Waals surface area contributed by atoms with Gasteiger partial charge in [-0.05, 0) is 19.1 Å². The highest BCUT2D eigenvalue weighted by Crippen LogP contribution is 2.25. The number of pyridine rings is 1. The molecule has 2 aromatic rings. The second-order valence-electron chi connectivity index (χ2n) is 3.31. The van der Waals surface area contributed by atoms with Crippen LogP contribution in [0.3, 0.4) is 0 Å². The van der Waals surface area contributed by atoms with E-state index < -0.39 is 12.1 Å². The van der Waals surface area contributed by atoms with Gasteiger partial charge in [0.25, 0.3) is 0 Å². The molecule has 2 atom stereocenters. The summed E-state index contributed by atoms with van der Waals surface area (Å²) < 4.78 is 5.22. The minimum Gasteiger partial charge on any atom is -0.446 e. The van der Waals surface area contributed by atoms with E-state index in [-0.39, 0.29) is 0 Å². The van der Waals surface area contributed by atoms with Crippen molar-refractivity contribution in [1.29, 1.82) is 0 Å². The number of aliphatic hydroxyl groups excluding tert-OH is 1. The molecule has 0 aromatic carbocycles. The third-order valence-corrected chi connectivity index (χ3v) is 2.26. The van der Waals surface area contributed by atoms with Crippen molar-refractivity contribution >= 4 is 11.1 Å². The van der Waals surface area contributed by atoms with E-state index in [0.717, 1.165) is 10.9 Å². The second kappa shape index (κ2) is 3.40. The van der Waals surface area contributed by atoms with Crippen molar-refractivity contribution in [3.63, 3.8) is 0 Å². The first-order chi connectivity index (χ1) is 6.70. The standard InChI is InChI=1S/C10H12N2O2/c1-6(13)9(11)8-5-14-10-7(8)3-2-4-12-10/h2-6,9,13H,11H2,1H3. The highest BCUT2D eigenvalue weighted by atomic mass is 16.3. The van der Waals surface area contributed by atoms with Crippen LogP contribution in [0.4, 0.5) is 0 Å². The molecule has 2 unspecified atom stereocenters. The van der Waals surface area contributed by atoms with Crippen LogP contribution in [0.15, 0.2) is 29.0 Å². The van der Waals surface area contributed by atoms with Crippen molar-refractivity contribution in [2.24, 2.45) is 5.73 Å². The fourth-order valence-electron chi connectivity index (χ4n) is 1.41. The molecule has 0 aliphatic carbocycles. The Labute approximate surface area is 81.4 Å². The molecule has 0 amide bonds. The molecular weight excluding hydrogens is 180 g/mol. The van der Waals surface area contributed by atoms with Gasteiger partial charge in [-0.3, -0.25) is 0 Å². The van der Waals surface area contributed by atoms with Gasteiger partial charge in [0, 0.05) is 17.1 Å². The van der Waals surface area contributed by atoms with E-state index in [0.29, 0.717) is 5.71 Å². The summed E-state index contributed by atoms with van der Waals surface area (Å²) in [7, 11) is 0. The van der Waals surface area contributed by atoms with E-state index in [9.17, 15) is 5.11 Å². The lowest BCUT2D eigenvalue weighted by Gasteiger charge is -2.12. The molecule has 0 aliphatic heterocycles. The Morgan fingerprint density at radius 1 is 1.57 bits per heavy atom. The number of nitrogens with two attached hydrogens (primary N) is 1. The van der Waals surface area contributed by atoms with Gasteiger partial charge in [-0.25, -0.2) is 4.98 Å². The lowest BCUT2D eigenvalue weighted by atomic mass is 10.0. The van der Waals surface area contributed by atoms with Gasteiger partial charge in [-0.15, -0.1) is 0 Å². The van der Waals surface area contributed by atoms with E-state index in [1.807, 2.05) is 12.1 Å². The van der Waals surface area contributed by atoms with E-state index >= 15 is 0 Å². The Kier molecular flexibility index (Phi) is 2.23. The zero-order chi connectivity index (χ0) is 10.1. The molecule has 0 radical (unpaired) electrons. The number of furan rings is 1. The SMILES string of the molecule is CC(O)C(N)c1coc2ncccc12. The third kappa shape index (κ3) is 1.38. The molecule has 2 aromatic heterocycles. The number of fused-ring (bicyclic) bond motifs is 1. The molecule has 4 heteroatoms. The molecule has 74 valence electrons. The Balaban J connectivity index is 2.53. The predicted octanol–water partition coefficient (Wildman–Crippen LogP) is 1.21. The topological polar surface area (TPSA) is 72.3 Å². The van der Waals surface area contributed by atoms with Gasteiger partial charge in [0.1, 0.15) is 0 Å². The molecule has 2 rings (SSSR count). The van der Waals surface area contributed by atoms with Crippen molar-refractivity contribution in [1.82, 2.24) is 4.98 Å². The summed E-state index contributed by atoms with van der Waals surface area (Å²) in [4.78, 5) is 4.04. The Hall–Kier alpha value is -1.39. The normalized spacial score (nSPS) is 15.6. The fraction of sp³-hybridized carbons (Fsp3) is 0.300. The van der Waals surface area contributed by atoms with Crippen LogP contribution in [0.5, 0.6) is 0 Å². The van der Waals surface area contributed by atoms with Gasteiger partial charge in [0.05, 0.1) is 18.4 Å². The average molecular weight is 192 g/mol. The number of rotatable bonds is 2. The van der Waals surface area contributed by atoms with Crippen LogP contribution in [-0.2, 0) is 0 Å². The van der Waals surface area contributed by atoms with Gasteiger partial charge < -0.3 is 15.3 Å². The molecule has 0 saturated heterocycles. The maximum Gasteiger partial charge on any atom is 0.226 e. The number of aliphatic hydroxyl groups is 1. The largest absolute Gasteiger partial charge is 0.446 e. The summed E-state index contributed by atoms with van der Waals surface area (Å²) in [6.45, 7) is 1.65. The average Bonchev–Trinajstić information content (AvgIpc) is 2.60. The van der Waals surface area contributed by atoms with Crippen LogP contribution in [0.1, 0.15) is 18.5 Å². The third-order valence-electron chi connectivity index (χ3n) is 2.26. The zero-order valence-electron chi connectivity index (χ0n) is 7.84. The summed E-state index contributed by atoms with van der Waals surface area (Å²) >= 11 is 0. The number of nitrogens with zero attached hydrogens (tertiary/aromatic N) is 1. The van der Waals surface area contributed by atoms with Crippen LogP contribution < -0.4 is 5.73 Å². The molecular formula is C10H12N2O2. The van der Waals surface area contributed by atoms with Gasteiger partial charge in [-0.2, -0.15) is 0 Å². The van der Waals surface area contributed by atoms with Crippen LogP contribution in [0.2, 0.25) is 0 Å². The molecule has 0 bridgehead atoms. The Morgan fingerprint density at radius 2 is 2.36 bits per heavy atom. The first-order valence-corrected chi connectivity index (χ1v) is 4.46. The second-order valence-corrected chi connectivity index (χ2v) is 3.31. The summed E-state index contributed by atoms with van der Waals surface area (Å²) in [6, 6.07) is 3.26. The first kappa shape index (κ1) is 9.18. The first-order valence-electron chi connectivity index (χ1n) is 4.46. The van der Waals surface area contributed by atoms with E-state index in [4.69, 9.17) is 10.2 Å².